The molecule has 2 atom stereocenters. The number of nitrogens with two attached hydrogens (primary N) is 1. The van der Waals surface area contributed by atoms with Gasteiger partial charge in [-0.15, -0.1) is 0 Å². The topological polar surface area (TPSA) is 35.2 Å². The molecule has 3 rings (SSSR count). The molecule has 20 heavy (non-hydrogen) atoms. The Morgan fingerprint density at radius 3 is 2.50 bits per heavy atom. The molecule has 2 N–H and O–H groups in total. The first-order valence-electron chi connectivity index (χ1n) is 6.21. The van der Waals surface area contributed by atoms with Crippen LogP contribution in [0.25, 0.3) is 0 Å². The van der Waals surface area contributed by atoms with Gasteiger partial charge in [-0.1, -0.05) is 22.0 Å². The smallest absolute Gasteiger partial charge is 0.127 e. The highest BCUT2D eigenvalue weighted by Crippen LogP contribution is 2.41. The van der Waals surface area contributed by atoms with Crippen molar-refractivity contribution in [2.45, 2.75) is 18.6 Å². The molecule has 2 nitrogen and oxygen atoms in total. The van der Waals surface area contributed by atoms with Crippen LogP contribution in [0.3, 0.4) is 0 Å². The molecule has 0 amide bonds. The van der Waals surface area contributed by atoms with Crippen LogP contribution in [0.15, 0.2) is 40.9 Å². The van der Waals surface area contributed by atoms with Crippen molar-refractivity contribution < 1.29 is 13.5 Å². The number of hydrogen-bond acceptors (Lipinski definition) is 2. The van der Waals surface area contributed by atoms with Gasteiger partial charge in [-0.25, -0.2) is 8.78 Å². The van der Waals surface area contributed by atoms with E-state index in [2.05, 4.69) is 15.9 Å². The second-order valence-corrected chi connectivity index (χ2v) is 5.65. The number of benzene rings is 2. The second-order valence-electron chi connectivity index (χ2n) is 4.80. The van der Waals surface area contributed by atoms with Crippen LogP contribution in [0, 0.1) is 11.6 Å². The highest BCUT2D eigenvalue weighted by Gasteiger charge is 2.28. The first-order chi connectivity index (χ1) is 9.54. The van der Waals surface area contributed by atoms with Crippen molar-refractivity contribution in [2.24, 2.45) is 5.73 Å². The summed E-state index contributed by atoms with van der Waals surface area (Å²) in [7, 11) is 0. The van der Waals surface area contributed by atoms with E-state index in [0.717, 1.165) is 5.56 Å². The van der Waals surface area contributed by atoms with Crippen molar-refractivity contribution in [1.29, 1.82) is 0 Å². The van der Waals surface area contributed by atoms with E-state index in [-0.39, 0.29) is 23.8 Å². The molecule has 0 aromatic heterocycles. The number of hydrogen-bond donors (Lipinski definition) is 1. The Bertz CT molecular complexity index is 662. The van der Waals surface area contributed by atoms with Gasteiger partial charge in [-0.3, -0.25) is 0 Å². The Morgan fingerprint density at radius 2 is 1.75 bits per heavy atom. The van der Waals surface area contributed by atoms with Crippen molar-refractivity contribution in [3.63, 3.8) is 0 Å². The van der Waals surface area contributed by atoms with Crippen LogP contribution in [0.4, 0.5) is 8.78 Å². The van der Waals surface area contributed by atoms with Gasteiger partial charge in [-0.2, -0.15) is 0 Å². The summed E-state index contributed by atoms with van der Waals surface area (Å²) in [6, 6.07) is 8.46. The third-order valence-electron chi connectivity index (χ3n) is 3.42. The zero-order valence-electron chi connectivity index (χ0n) is 10.4. The highest BCUT2D eigenvalue weighted by atomic mass is 79.9. The molecule has 5 heteroatoms. The maximum Gasteiger partial charge on any atom is 0.127 e. The lowest BCUT2D eigenvalue weighted by atomic mass is 9.93. The summed E-state index contributed by atoms with van der Waals surface area (Å²) in [6.45, 7) is 0. The third-order valence-corrected chi connectivity index (χ3v) is 4.10. The van der Waals surface area contributed by atoms with E-state index in [9.17, 15) is 8.78 Å². The minimum absolute atomic E-state index is 0.280. The monoisotopic (exact) mass is 339 g/mol. The maximum absolute atomic E-state index is 13.2. The zero-order valence-corrected chi connectivity index (χ0v) is 12.0. The van der Waals surface area contributed by atoms with E-state index in [1.165, 1.54) is 24.3 Å². The fourth-order valence-electron chi connectivity index (χ4n) is 2.43. The van der Waals surface area contributed by atoms with Gasteiger partial charge < -0.3 is 10.5 Å². The van der Waals surface area contributed by atoms with Crippen molar-refractivity contribution in [3.8, 4) is 5.75 Å². The molecule has 1 aliphatic rings. The Hall–Kier alpha value is -1.46. The van der Waals surface area contributed by atoms with Crippen LogP contribution in [-0.4, -0.2) is 0 Å². The molecule has 0 bridgehead atoms. The van der Waals surface area contributed by atoms with Gasteiger partial charge in [-0.05, 0) is 30.3 Å². The lowest BCUT2D eigenvalue weighted by molar-refractivity contribution is 0.160. The van der Waals surface area contributed by atoms with E-state index < -0.39 is 0 Å². The predicted molar refractivity (Wildman–Crippen MR) is 75.4 cm³/mol. The van der Waals surface area contributed by atoms with Gasteiger partial charge in [0.25, 0.3) is 0 Å². The van der Waals surface area contributed by atoms with Gasteiger partial charge in [0.1, 0.15) is 23.5 Å². The molecule has 0 aliphatic carbocycles. The Balaban J connectivity index is 1.97. The van der Waals surface area contributed by atoms with Crippen molar-refractivity contribution in [1.82, 2.24) is 0 Å². The predicted octanol–water partition coefficient (Wildman–Crippen LogP) is 4.25. The lowest BCUT2D eigenvalue weighted by Crippen LogP contribution is -2.24. The molecule has 2 aromatic carbocycles. The molecule has 0 saturated heterocycles. The molecule has 0 spiro atoms. The Labute approximate surface area is 123 Å². The molecule has 0 fully saturated rings. The molecule has 1 unspecified atom stereocenters. The van der Waals surface area contributed by atoms with E-state index >= 15 is 0 Å². The molecule has 1 heterocycles. The number of fused-ring (bicyclic) bond motifs is 1. The minimum atomic E-state index is -0.329. The maximum atomic E-state index is 13.2. The SMILES string of the molecule is N[C@@H]1CC(c2ccc(F)cc2Br)Oc2ccc(F)cc21. The summed E-state index contributed by atoms with van der Waals surface area (Å²) in [5, 5.41) is 0. The zero-order chi connectivity index (χ0) is 14.3. The van der Waals surface area contributed by atoms with Gasteiger partial charge >= 0.3 is 0 Å². The second kappa shape index (κ2) is 5.14. The normalized spacial score (nSPS) is 21.2. The Kier molecular flexibility index (Phi) is 3.48. The molecular formula is C15H12BrF2NO. The molecule has 0 saturated carbocycles. The molecule has 104 valence electrons. The van der Waals surface area contributed by atoms with E-state index in [0.29, 0.717) is 22.2 Å². The average Bonchev–Trinajstić information content (AvgIpc) is 2.39. The summed E-state index contributed by atoms with van der Waals surface area (Å²) < 4.78 is 32.9. The molecule has 2 aromatic rings. The van der Waals surface area contributed by atoms with E-state index in [1.807, 2.05) is 0 Å². The first kappa shape index (κ1) is 13.5. The van der Waals surface area contributed by atoms with Crippen molar-refractivity contribution in [2.75, 3.05) is 0 Å². The summed E-state index contributed by atoms with van der Waals surface area (Å²) in [5.74, 6) is -0.0706. The van der Waals surface area contributed by atoms with E-state index in [4.69, 9.17) is 10.5 Å². The van der Waals surface area contributed by atoms with Gasteiger partial charge in [0.05, 0.1) is 0 Å². The fraction of sp³-hybridized carbons (Fsp3) is 0.200. The van der Waals surface area contributed by atoms with Gasteiger partial charge in [0.15, 0.2) is 0 Å². The van der Waals surface area contributed by atoms with Crippen LogP contribution >= 0.6 is 15.9 Å². The number of rotatable bonds is 1. The lowest BCUT2D eigenvalue weighted by Gasteiger charge is -2.31. The quantitative estimate of drug-likeness (QED) is 0.842. The van der Waals surface area contributed by atoms with Crippen molar-refractivity contribution in [3.05, 3.63) is 63.6 Å². The summed E-state index contributed by atoms with van der Waals surface area (Å²) in [4.78, 5) is 0. The molecule has 1 aliphatic heterocycles. The average molecular weight is 340 g/mol. The third kappa shape index (κ3) is 2.43. The van der Waals surface area contributed by atoms with Crippen LogP contribution in [-0.2, 0) is 0 Å². The van der Waals surface area contributed by atoms with Crippen LogP contribution in [0.2, 0.25) is 0 Å². The summed E-state index contributed by atoms with van der Waals surface area (Å²) >= 11 is 3.33. The largest absolute Gasteiger partial charge is 0.485 e. The fourth-order valence-corrected chi connectivity index (χ4v) is 3.03. The molecular weight excluding hydrogens is 328 g/mol. The summed E-state index contributed by atoms with van der Waals surface area (Å²) in [6.07, 6.45) is 0.235. The first-order valence-corrected chi connectivity index (χ1v) is 7.00. The van der Waals surface area contributed by atoms with Crippen LogP contribution in [0.1, 0.15) is 29.7 Å². The number of halogens is 3. The van der Waals surface area contributed by atoms with Gasteiger partial charge in [0, 0.05) is 28.1 Å². The van der Waals surface area contributed by atoms with E-state index in [1.54, 1.807) is 12.1 Å². The standard InChI is InChI=1S/C15H12BrF2NO/c16-12-6-9(18)1-3-10(12)15-7-13(19)11-5-8(17)2-4-14(11)20-15/h1-6,13,15H,7,19H2/t13-,15?/m1/s1. The molecule has 0 radical (unpaired) electrons. The Morgan fingerprint density at radius 1 is 1.05 bits per heavy atom. The number of ether oxygens (including phenoxy) is 1. The van der Waals surface area contributed by atoms with Crippen LogP contribution in [0.5, 0.6) is 5.75 Å². The van der Waals surface area contributed by atoms with Crippen LogP contribution < -0.4 is 10.5 Å². The van der Waals surface area contributed by atoms with Gasteiger partial charge in [0.2, 0.25) is 0 Å². The highest BCUT2D eigenvalue weighted by molar-refractivity contribution is 9.10. The van der Waals surface area contributed by atoms with Crippen molar-refractivity contribution >= 4 is 15.9 Å². The summed E-state index contributed by atoms with van der Waals surface area (Å²) in [5.41, 5.74) is 7.58. The minimum Gasteiger partial charge on any atom is -0.485 e.